The normalized spacial score (nSPS) is 20.9. The Labute approximate surface area is 170 Å². The second kappa shape index (κ2) is 9.41. The molecule has 0 aromatic heterocycles. The predicted molar refractivity (Wildman–Crippen MR) is 117 cm³/mol. The molecular formula is C26H33NO. The van der Waals surface area contributed by atoms with Gasteiger partial charge in [-0.25, -0.2) is 4.99 Å². The molecule has 148 valence electrons. The number of aliphatic imine (C=N–C) groups is 1. The molecule has 1 saturated carbocycles. The number of nitrogens with zero attached hydrogens (tertiary/aromatic N) is 1. The molecule has 1 fully saturated rings. The monoisotopic (exact) mass is 375 g/mol. The van der Waals surface area contributed by atoms with E-state index in [0.717, 1.165) is 17.9 Å². The molecule has 2 aliphatic carbocycles. The Morgan fingerprint density at radius 2 is 1.82 bits per heavy atom. The van der Waals surface area contributed by atoms with E-state index in [9.17, 15) is 0 Å². The summed E-state index contributed by atoms with van der Waals surface area (Å²) in [6.45, 7) is 2.89. The smallest absolute Gasteiger partial charge is 0.145 e. The number of benzene rings is 1. The molecule has 2 heteroatoms. The van der Waals surface area contributed by atoms with Crippen LogP contribution in [0.5, 0.6) is 0 Å². The van der Waals surface area contributed by atoms with Crippen LogP contribution in [0.1, 0.15) is 76.7 Å². The van der Waals surface area contributed by atoms with Crippen molar-refractivity contribution in [3.05, 3.63) is 70.6 Å². The molecule has 0 spiro atoms. The average molecular weight is 376 g/mol. The molecule has 1 aromatic rings. The van der Waals surface area contributed by atoms with Crippen LogP contribution in [0, 0.1) is 5.92 Å². The van der Waals surface area contributed by atoms with Crippen LogP contribution in [0.3, 0.4) is 0 Å². The van der Waals surface area contributed by atoms with Crippen molar-refractivity contribution in [2.45, 2.75) is 77.7 Å². The first-order valence-corrected chi connectivity index (χ1v) is 11.3. The maximum absolute atomic E-state index is 6.25. The van der Waals surface area contributed by atoms with Crippen molar-refractivity contribution in [3.8, 4) is 0 Å². The molecule has 1 atom stereocenters. The van der Waals surface area contributed by atoms with Gasteiger partial charge in [0.25, 0.3) is 0 Å². The SMILES string of the molecule is CCCCCCCC1C=CC(OCc2ccccc2)=C2N=C3CCCCC3=C21. The molecule has 1 heterocycles. The zero-order valence-electron chi connectivity index (χ0n) is 17.3. The van der Waals surface area contributed by atoms with Crippen molar-refractivity contribution in [2.24, 2.45) is 10.9 Å². The van der Waals surface area contributed by atoms with E-state index < -0.39 is 0 Å². The van der Waals surface area contributed by atoms with Gasteiger partial charge in [-0.3, -0.25) is 0 Å². The predicted octanol–water partition coefficient (Wildman–Crippen LogP) is 7.29. The minimum Gasteiger partial charge on any atom is -0.487 e. The van der Waals surface area contributed by atoms with E-state index in [0.29, 0.717) is 12.5 Å². The highest BCUT2D eigenvalue weighted by Gasteiger charge is 2.33. The molecular weight excluding hydrogens is 342 g/mol. The van der Waals surface area contributed by atoms with Crippen LogP contribution in [0.25, 0.3) is 0 Å². The van der Waals surface area contributed by atoms with E-state index in [1.165, 1.54) is 74.6 Å². The van der Waals surface area contributed by atoms with Crippen molar-refractivity contribution < 1.29 is 4.74 Å². The van der Waals surface area contributed by atoms with Crippen LogP contribution in [0.2, 0.25) is 0 Å². The van der Waals surface area contributed by atoms with E-state index >= 15 is 0 Å². The van der Waals surface area contributed by atoms with E-state index in [-0.39, 0.29) is 0 Å². The summed E-state index contributed by atoms with van der Waals surface area (Å²) in [5.41, 5.74) is 6.74. The second-order valence-corrected chi connectivity index (χ2v) is 8.31. The molecule has 0 saturated heterocycles. The van der Waals surface area contributed by atoms with Crippen molar-refractivity contribution in [1.29, 1.82) is 0 Å². The second-order valence-electron chi connectivity index (χ2n) is 8.31. The van der Waals surface area contributed by atoms with Crippen molar-refractivity contribution in [3.63, 3.8) is 0 Å². The van der Waals surface area contributed by atoms with Gasteiger partial charge < -0.3 is 4.74 Å². The lowest BCUT2D eigenvalue weighted by atomic mass is 9.81. The zero-order valence-corrected chi connectivity index (χ0v) is 17.3. The number of fused-ring (bicyclic) bond motifs is 2. The lowest BCUT2D eigenvalue weighted by Crippen LogP contribution is -2.13. The van der Waals surface area contributed by atoms with Crippen LogP contribution < -0.4 is 0 Å². The molecule has 0 N–H and O–H groups in total. The highest BCUT2D eigenvalue weighted by molar-refractivity contribution is 6.05. The van der Waals surface area contributed by atoms with Crippen molar-refractivity contribution in [2.75, 3.05) is 0 Å². The van der Waals surface area contributed by atoms with Gasteiger partial charge in [0.05, 0.1) is 0 Å². The Kier molecular flexibility index (Phi) is 6.46. The summed E-state index contributed by atoms with van der Waals surface area (Å²) >= 11 is 0. The van der Waals surface area contributed by atoms with Crippen LogP contribution in [0.4, 0.5) is 0 Å². The van der Waals surface area contributed by atoms with E-state index in [1.54, 1.807) is 5.57 Å². The van der Waals surface area contributed by atoms with Crippen LogP contribution >= 0.6 is 0 Å². The Morgan fingerprint density at radius 1 is 1.00 bits per heavy atom. The third kappa shape index (κ3) is 4.32. The number of allylic oxidation sites excluding steroid dienone is 4. The molecule has 0 bridgehead atoms. The highest BCUT2D eigenvalue weighted by atomic mass is 16.5. The van der Waals surface area contributed by atoms with E-state index in [2.05, 4.69) is 43.3 Å². The fourth-order valence-corrected chi connectivity index (χ4v) is 4.67. The van der Waals surface area contributed by atoms with Gasteiger partial charge in [0.15, 0.2) is 0 Å². The first kappa shape index (κ1) is 19.2. The van der Waals surface area contributed by atoms with Crippen LogP contribution in [-0.4, -0.2) is 5.71 Å². The molecule has 28 heavy (non-hydrogen) atoms. The minimum absolute atomic E-state index is 0.523. The van der Waals surface area contributed by atoms with Gasteiger partial charge in [0, 0.05) is 11.6 Å². The quantitative estimate of drug-likeness (QED) is 0.415. The highest BCUT2D eigenvalue weighted by Crippen LogP contribution is 2.44. The van der Waals surface area contributed by atoms with Gasteiger partial charge in [-0.15, -0.1) is 0 Å². The fraction of sp³-hybridized carbons (Fsp3) is 0.500. The van der Waals surface area contributed by atoms with Crippen LogP contribution in [-0.2, 0) is 11.3 Å². The third-order valence-corrected chi connectivity index (χ3v) is 6.21. The third-order valence-electron chi connectivity index (χ3n) is 6.21. The van der Waals surface area contributed by atoms with Crippen molar-refractivity contribution >= 4 is 5.71 Å². The minimum atomic E-state index is 0.523. The van der Waals surface area contributed by atoms with Gasteiger partial charge in [-0.1, -0.05) is 75.4 Å². The maximum atomic E-state index is 6.25. The molecule has 0 radical (unpaired) electrons. The van der Waals surface area contributed by atoms with Crippen LogP contribution in [0.15, 0.2) is 70.1 Å². The standard InChI is InChI=1S/C26H33NO/c1-2-3-4-5-9-14-21-17-18-24(28-19-20-12-7-6-8-13-20)26-25(21)22-15-10-11-16-23(22)27-26/h6-8,12-13,17-18,21H,2-5,9-11,14-16,19H2,1H3. The summed E-state index contributed by atoms with van der Waals surface area (Å²) in [5.74, 6) is 1.49. The molecule has 1 aromatic carbocycles. The zero-order chi connectivity index (χ0) is 19.2. The summed E-state index contributed by atoms with van der Waals surface area (Å²) in [6.07, 6.45) is 17.5. The Bertz CT molecular complexity index is 797. The average Bonchev–Trinajstić information content (AvgIpc) is 3.13. The molecule has 0 amide bonds. The Morgan fingerprint density at radius 3 is 2.68 bits per heavy atom. The molecule has 2 nitrogen and oxygen atoms in total. The van der Waals surface area contributed by atoms with Gasteiger partial charge in [-0.2, -0.15) is 0 Å². The maximum Gasteiger partial charge on any atom is 0.145 e. The summed E-state index contributed by atoms with van der Waals surface area (Å²) in [7, 11) is 0. The van der Waals surface area contributed by atoms with E-state index in [4.69, 9.17) is 9.73 Å². The fourth-order valence-electron chi connectivity index (χ4n) is 4.67. The first-order chi connectivity index (χ1) is 13.9. The topological polar surface area (TPSA) is 21.6 Å². The molecule has 4 rings (SSSR count). The molecule has 3 aliphatic rings. The first-order valence-electron chi connectivity index (χ1n) is 11.3. The summed E-state index contributed by atoms with van der Waals surface area (Å²) in [5, 5.41) is 0. The van der Waals surface area contributed by atoms with Gasteiger partial charge >= 0.3 is 0 Å². The summed E-state index contributed by atoms with van der Waals surface area (Å²) in [6, 6.07) is 10.4. The summed E-state index contributed by atoms with van der Waals surface area (Å²) < 4.78 is 6.25. The molecule has 1 unspecified atom stereocenters. The number of hydrogen-bond donors (Lipinski definition) is 0. The lowest BCUT2D eigenvalue weighted by molar-refractivity contribution is 0.206. The van der Waals surface area contributed by atoms with Gasteiger partial charge in [-0.05, 0) is 54.9 Å². The Hall–Kier alpha value is -2.09. The van der Waals surface area contributed by atoms with Gasteiger partial charge in [0.2, 0.25) is 0 Å². The Balaban J connectivity index is 1.50. The van der Waals surface area contributed by atoms with E-state index in [1.807, 2.05) is 6.07 Å². The lowest BCUT2D eigenvalue weighted by Gasteiger charge is -2.24. The van der Waals surface area contributed by atoms with Gasteiger partial charge in [0.1, 0.15) is 18.1 Å². The number of ether oxygens (including phenoxy) is 1. The molecule has 1 aliphatic heterocycles. The number of hydrogen-bond acceptors (Lipinski definition) is 2. The summed E-state index contributed by atoms with van der Waals surface area (Å²) in [4.78, 5) is 5.08. The number of rotatable bonds is 9. The largest absolute Gasteiger partial charge is 0.487 e. The number of unbranched alkanes of at least 4 members (excludes halogenated alkanes) is 4. The van der Waals surface area contributed by atoms with Crippen molar-refractivity contribution in [1.82, 2.24) is 0 Å².